The van der Waals surface area contributed by atoms with Gasteiger partial charge < -0.3 is 9.84 Å². The molecular formula is C12H16O4S. The summed E-state index contributed by atoms with van der Waals surface area (Å²) in [6.45, 7) is 3.12. The van der Waals surface area contributed by atoms with Crippen LogP contribution >= 0.6 is 0 Å². The van der Waals surface area contributed by atoms with E-state index in [4.69, 9.17) is 9.84 Å². The van der Waals surface area contributed by atoms with Gasteiger partial charge in [0, 0.05) is 5.75 Å². The lowest BCUT2D eigenvalue weighted by Gasteiger charge is -2.18. The molecule has 0 aliphatic rings. The van der Waals surface area contributed by atoms with E-state index in [1.807, 2.05) is 0 Å². The van der Waals surface area contributed by atoms with Gasteiger partial charge >= 0.3 is 5.97 Å². The van der Waals surface area contributed by atoms with Crippen molar-refractivity contribution in [3.63, 3.8) is 0 Å². The highest BCUT2D eigenvalue weighted by atomic mass is 32.2. The van der Waals surface area contributed by atoms with Crippen LogP contribution in [0.3, 0.4) is 0 Å². The fraction of sp³-hybridized carbons (Fsp3) is 0.417. The van der Waals surface area contributed by atoms with E-state index in [9.17, 15) is 9.00 Å². The highest BCUT2D eigenvalue weighted by Gasteiger charge is 2.30. The fourth-order valence-electron chi connectivity index (χ4n) is 1.27. The predicted molar refractivity (Wildman–Crippen MR) is 65.7 cm³/mol. The highest BCUT2D eigenvalue weighted by Crippen LogP contribution is 2.26. The minimum atomic E-state index is -1.39. The number of hydrogen-bond donors (Lipinski definition) is 1. The fourth-order valence-corrected chi connectivity index (χ4v) is 2.81. The van der Waals surface area contributed by atoms with E-state index in [1.54, 1.807) is 38.1 Å². The van der Waals surface area contributed by atoms with Gasteiger partial charge in [-0.25, -0.2) is 0 Å². The number of carbonyl (C=O) groups is 1. The van der Waals surface area contributed by atoms with Crippen molar-refractivity contribution in [2.75, 3.05) is 12.9 Å². The SMILES string of the molecule is COc1ccccc1S(=O)CC(C)(C)C(=O)O. The lowest BCUT2D eigenvalue weighted by molar-refractivity contribution is -0.145. The molecule has 0 heterocycles. The highest BCUT2D eigenvalue weighted by molar-refractivity contribution is 7.85. The van der Waals surface area contributed by atoms with Gasteiger partial charge in [-0.05, 0) is 26.0 Å². The third-order valence-electron chi connectivity index (χ3n) is 2.39. The largest absolute Gasteiger partial charge is 0.495 e. The second-order valence-electron chi connectivity index (χ2n) is 4.33. The number of carboxylic acids is 1. The first-order chi connectivity index (χ1) is 7.88. The van der Waals surface area contributed by atoms with Gasteiger partial charge in [-0.2, -0.15) is 0 Å². The molecule has 94 valence electrons. The van der Waals surface area contributed by atoms with Crippen LogP contribution in [0.5, 0.6) is 5.75 Å². The van der Waals surface area contributed by atoms with Gasteiger partial charge in [0.1, 0.15) is 5.75 Å². The summed E-state index contributed by atoms with van der Waals surface area (Å²) < 4.78 is 17.2. The first-order valence-electron chi connectivity index (χ1n) is 5.13. The van der Waals surface area contributed by atoms with Gasteiger partial charge in [0.05, 0.1) is 28.2 Å². The van der Waals surface area contributed by atoms with E-state index in [1.165, 1.54) is 7.11 Å². The number of carboxylic acid groups (broad SMARTS) is 1. The second-order valence-corrected chi connectivity index (χ2v) is 5.75. The van der Waals surface area contributed by atoms with Gasteiger partial charge in [-0.15, -0.1) is 0 Å². The summed E-state index contributed by atoms with van der Waals surface area (Å²) >= 11 is 0. The molecule has 17 heavy (non-hydrogen) atoms. The van der Waals surface area contributed by atoms with E-state index in [0.29, 0.717) is 10.6 Å². The molecule has 5 heteroatoms. The first kappa shape index (κ1) is 13.7. The van der Waals surface area contributed by atoms with Crippen molar-refractivity contribution in [1.82, 2.24) is 0 Å². The third-order valence-corrected chi connectivity index (χ3v) is 4.20. The zero-order chi connectivity index (χ0) is 13.1. The van der Waals surface area contributed by atoms with E-state index < -0.39 is 22.2 Å². The lowest BCUT2D eigenvalue weighted by atomic mass is 9.97. The molecule has 0 saturated heterocycles. The topological polar surface area (TPSA) is 63.6 Å². The number of methoxy groups -OCH3 is 1. The number of ether oxygens (including phenoxy) is 1. The first-order valence-corrected chi connectivity index (χ1v) is 6.45. The smallest absolute Gasteiger partial charge is 0.310 e. The summed E-state index contributed by atoms with van der Waals surface area (Å²) in [7, 11) is 0.108. The molecule has 0 aromatic heterocycles. The van der Waals surface area contributed by atoms with Crippen molar-refractivity contribution < 1.29 is 18.8 Å². The zero-order valence-corrected chi connectivity index (χ0v) is 10.9. The van der Waals surface area contributed by atoms with Crippen molar-refractivity contribution in [3.8, 4) is 5.75 Å². The molecule has 1 unspecified atom stereocenters. The van der Waals surface area contributed by atoms with Crippen LogP contribution < -0.4 is 4.74 Å². The summed E-state index contributed by atoms with van der Waals surface area (Å²) in [5, 5.41) is 9.00. The van der Waals surface area contributed by atoms with E-state index >= 15 is 0 Å². The number of rotatable bonds is 5. The molecule has 0 saturated carbocycles. The second kappa shape index (κ2) is 5.31. The Morgan fingerprint density at radius 1 is 1.41 bits per heavy atom. The summed E-state index contributed by atoms with van der Waals surface area (Å²) in [5.74, 6) is -0.379. The Labute approximate surface area is 103 Å². The molecule has 1 aromatic carbocycles. The normalized spacial score (nSPS) is 13.1. The molecule has 0 bridgehead atoms. The van der Waals surface area contributed by atoms with Crippen LogP contribution in [0.25, 0.3) is 0 Å². The number of hydrogen-bond acceptors (Lipinski definition) is 3. The van der Waals surface area contributed by atoms with Gasteiger partial charge in [-0.1, -0.05) is 12.1 Å². The van der Waals surface area contributed by atoms with Crippen molar-refractivity contribution in [2.45, 2.75) is 18.7 Å². The summed E-state index contributed by atoms with van der Waals surface area (Å²) in [4.78, 5) is 11.5. The third kappa shape index (κ3) is 3.30. The number of aliphatic carboxylic acids is 1. The quantitative estimate of drug-likeness (QED) is 0.874. The van der Waals surface area contributed by atoms with E-state index in [2.05, 4.69) is 0 Å². The minimum absolute atomic E-state index is 0.0582. The van der Waals surface area contributed by atoms with Crippen LogP contribution in [0.4, 0.5) is 0 Å². The van der Waals surface area contributed by atoms with Crippen LogP contribution in [0.15, 0.2) is 29.2 Å². The predicted octanol–water partition coefficient (Wildman–Crippen LogP) is 1.91. The maximum absolute atomic E-state index is 12.1. The maximum atomic E-state index is 12.1. The monoisotopic (exact) mass is 256 g/mol. The maximum Gasteiger partial charge on any atom is 0.310 e. The molecular weight excluding hydrogens is 240 g/mol. The molecule has 4 nitrogen and oxygen atoms in total. The minimum Gasteiger partial charge on any atom is -0.495 e. The molecule has 1 rings (SSSR count). The molecule has 1 N–H and O–H groups in total. The average Bonchev–Trinajstić information content (AvgIpc) is 2.28. The molecule has 0 amide bonds. The van der Waals surface area contributed by atoms with Crippen LogP contribution in [-0.4, -0.2) is 28.1 Å². The number of para-hydroxylation sites is 1. The van der Waals surface area contributed by atoms with E-state index in [-0.39, 0.29) is 5.75 Å². The molecule has 0 aliphatic carbocycles. The standard InChI is InChI=1S/C12H16O4S/c1-12(2,11(13)14)8-17(15)10-7-5-4-6-9(10)16-3/h4-7H,8H2,1-3H3,(H,13,14). The average molecular weight is 256 g/mol. The number of benzene rings is 1. The Morgan fingerprint density at radius 2 is 2.00 bits per heavy atom. The molecule has 0 fully saturated rings. The van der Waals surface area contributed by atoms with Crippen molar-refractivity contribution >= 4 is 16.8 Å². The Balaban J connectivity index is 2.94. The van der Waals surface area contributed by atoms with Crippen LogP contribution in [0.1, 0.15) is 13.8 Å². The molecule has 1 aromatic rings. The van der Waals surface area contributed by atoms with Crippen LogP contribution in [-0.2, 0) is 15.6 Å². The Hall–Kier alpha value is -1.36. The van der Waals surface area contributed by atoms with Gasteiger partial charge in [0.15, 0.2) is 0 Å². The molecule has 0 aliphatic heterocycles. The van der Waals surface area contributed by atoms with Crippen molar-refractivity contribution in [3.05, 3.63) is 24.3 Å². The van der Waals surface area contributed by atoms with Crippen LogP contribution in [0, 0.1) is 5.41 Å². The molecule has 1 atom stereocenters. The molecule has 0 radical (unpaired) electrons. The summed E-state index contributed by atoms with van der Waals surface area (Å²) in [6, 6.07) is 6.93. The lowest BCUT2D eigenvalue weighted by Crippen LogP contribution is -2.30. The van der Waals surface area contributed by atoms with Crippen LogP contribution in [0.2, 0.25) is 0 Å². The van der Waals surface area contributed by atoms with Gasteiger partial charge in [0.25, 0.3) is 0 Å². The van der Waals surface area contributed by atoms with Gasteiger partial charge in [0.2, 0.25) is 0 Å². The molecule has 0 spiro atoms. The van der Waals surface area contributed by atoms with Crippen molar-refractivity contribution in [1.29, 1.82) is 0 Å². The Bertz CT molecular complexity index is 440. The zero-order valence-electron chi connectivity index (χ0n) is 10.1. The van der Waals surface area contributed by atoms with E-state index in [0.717, 1.165) is 0 Å². The summed E-state index contributed by atoms with van der Waals surface area (Å²) in [6.07, 6.45) is 0. The van der Waals surface area contributed by atoms with Gasteiger partial charge in [-0.3, -0.25) is 9.00 Å². The van der Waals surface area contributed by atoms with Crippen molar-refractivity contribution in [2.24, 2.45) is 5.41 Å². The summed E-state index contributed by atoms with van der Waals surface area (Å²) in [5.41, 5.74) is -1.02. The Kier molecular flexibility index (Phi) is 4.28. The Morgan fingerprint density at radius 3 is 2.53 bits per heavy atom.